The summed E-state index contributed by atoms with van der Waals surface area (Å²) >= 11 is 12.0. The van der Waals surface area contributed by atoms with Crippen LogP contribution in [0.15, 0.2) is 36.5 Å². The quantitative estimate of drug-likeness (QED) is 0.917. The average Bonchev–Trinajstić information content (AvgIpc) is 2.58. The molecule has 0 aliphatic carbocycles. The molecule has 1 aliphatic heterocycles. The second-order valence-corrected chi connectivity index (χ2v) is 5.93. The molecule has 7 heteroatoms. The van der Waals surface area contributed by atoms with E-state index in [4.69, 9.17) is 27.9 Å². The molecule has 1 aromatic carbocycles. The van der Waals surface area contributed by atoms with Crippen molar-refractivity contribution in [3.05, 3.63) is 52.3 Å². The molecule has 2 aromatic rings. The molecule has 1 aliphatic rings. The van der Waals surface area contributed by atoms with Crippen LogP contribution in [-0.4, -0.2) is 42.1 Å². The van der Waals surface area contributed by atoms with Crippen LogP contribution in [0.2, 0.25) is 10.0 Å². The van der Waals surface area contributed by atoms with Gasteiger partial charge in [-0.15, -0.1) is 0 Å². The average molecular weight is 352 g/mol. The fourth-order valence-electron chi connectivity index (χ4n) is 2.27. The fourth-order valence-corrected chi connectivity index (χ4v) is 2.72. The van der Waals surface area contributed by atoms with Crippen LogP contribution >= 0.6 is 23.2 Å². The number of morpholine rings is 1. The van der Waals surface area contributed by atoms with Crippen molar-refractivity contribution in [1.29, 1.82) is 0 Å². The first-order valence-electron chi connectivity index (χ1n) is 7.18. The number of halogens is 2. The zero-order valence-electron chi connectivity index (χ0n) is 12.3. The molecular formula is C16H15Cl2N3O2. The van der Waals surface area contributed by atoms with Crippen LogP contribution in [0.3, 0.4) is 0 Å². The van der Waals surface area contributed by atoms with Gasteiger partial charge < -0.3 is 15.0 Å². The Kier molecular flexibility index (Phi) is 5.00. The Morgan fingerprint density at radius 1 is 1.17 bits per heavy atom. The number of nitrogens with one attached hydrogen (secondary N) is 1. The van der Waals surface area contributed by atoms with Gasteiger partial charge in [0.2, 0.25) is 0 Å². The largest absolute Gasteiger partial charge is 0.378 e. The van der Waals surface area contributed by atoms with Crippen LogP contribution in [0, 0.1) is 0 Å². The number of anilines is 2. The number of rotatable bonds is 3. The number of nitrogens with zero attached hydrogens (tertiary/aromatic N) is 2. The lowest BCUT2D eigenvalue weighted by molar-refractivity contribution is 0.0299. The maximum atomic E-state index is 12.3. The summed E-state index contributed by atoms with van der Waals surface area (Å²) in [7, 11) is 0. The third kappa shape index (κ3) is 3.93. The molecule has 1 amide bonds. The van der Waals surface area contributed by atoms with Gasteiger partial charge in [-0.3, -0.25) is 4.79 Å². The first-order chi connectivity index (χ1) is 11.1. The van der Waals surface area contributed by atoms with E-state index >= 15 is 0 Å². The van der Waals surface area contributed by atoms with Crippen LogP contribution in [0.1, 0.15) is 10.5 Å². The molecule has 0 atom stereocenters. The Morgan fingerprint density at radius 3 is 2.61 bits per heavy atom. The zero-order chi connectivity index (χ0) is 16.2. The summed E-state index contributed by atoms with van der Waals surface area (Å²) in [4.78, 5) is 18.3. The molecule has 1 N–H and O–H groups in total. The second kappa shape index (κ2) is 7.17. The minimum atomic E-state index is -0.0793. The monoisotopic (exact) mass is 351 g/mol. The van der Waals surface area contributed by atoms with Gasteiger partial charge in [-0.05, 0) is 30.3 Å². The van der Waals surface area contributed by atoms with Crippen molar-refractivity contribution in [3.63, 3.8) is 0 Å². The van der Waals surface area contributed by atoms with Crippen molar-refractivity contribution in [2.45, 2.75) is 0 Å². The minimum absolute atomic E-state index is 0.0793. The molecule has 2 heterocycles. The lowest BCUT2D eigenvalue weighted by atomic mass is 10.2. The molecule has 3 rings (SSSR count). The van der Waals surface area contributed by atoms with Gasteiger partial charge in [-0.2, -0.15) is 0 Å². The van der Waals surface area contributed by atoms with Crippen LogP contribution in [0.5, 0.6) is 0 Å². The molecular weight excluding hydrogens is 337 g/mol. The minimum Gasteiger partial charge on any atom is -0.378 e. The van der Waals surface area contributed by atoms with E-state index in [2.05, 4.69) is 10.3 Å². The molecule has 0 saturated carbocycles. The van der Waals surface area contributed by atoms with E-state index in [9.17, 15) is 4.79 Å². The first-order valence-corrected chi connectivity index (χ1v) is 7.94. The van der Waals surface area contributed by atoms with Crippen LogP contribution in [0.4, 0.5) is 11.4 Å². The summed E-state index contributed by atoms with van der Waals surface area (Å²) in [6.45, 7) is 2.34. The third-order valence-electron chi connectivity index (χ3n) is 3.49. The fraction of sp³-hybridized carbons (Fsp3) is 0.250. The number of amides is 1. The number of benzene rings is 1. The standard InChI is InChI=1S/C16H15Cl2N3O2/c17-11-1-3-14(13(18)9-11)20-12-2-4-15(19-10-12)16(22)21-5-7-23-8-6-21/h1-4,9-10,20H,5-8H2. The summed E-state index contributed by atoms with van der Waals surface area (Å²) in [5.41, 5.74) is 1.89. The van der Waals surface area contributed by atoms with Crippen molar-refractivity contribution in [2.75, 3.05) is 31.6 Å². The molecule has 0 radical (unpaired) electrons. The number of hydrogen-bond donors (Lipinski definition) is 1. The maximum absolute atomic E-state index is 12.3. The SMILES string of the molecule is O=C(c1ccc(Nc2ccc(Cl)cc2Cl)cn1)N1CCOCC1. The molecule has 0 unspecified atom stereocenters. The van der Waals surface area contributed by atoms with E-state index in [1.165, 1.54) is 0 Å². The van der Waals surface area contributed by atoms with E-state index in [1.807, 2.05) is 0 Å². The summed E-state index contributed by atoms with van der Waals surface area (Å²) in [6, 6.07) is 8.70. The highest BCUT2D eigenvalue weighted by Crippen LogP contribution is 2.28. The van der Waals surface area contributed by atoms with Gasteiger partial charge in [0.05, 0.1) is 35.8 Å². The van der Waals surface area contributed by atoms with Crippen LogP contribution in [0.25, 0.3) is 0 Å². The van der Waals surface area contributed by atoms with E-state index in [0.29, 0.717) is 42.0 Å². The molecule has 1 saturated heterocycles. The molecule has 0 bridgehead atoms. The van der Waals surface area contributed by atoms with Gasteiger partial charge in [0.25, 0.3) is 5.91 Å². The predicted molar refractivity (Wildman–Crippen MR) is 90.7 cm³/mol. The third-order valence-corrected chi connectivity index (χ3v) is 4.04. The van der Waals surface area contributed by atoms with Crippen molar-refractivity contribution < 1.29 is 9.53 Å². The molecule has 5 nitrogen and oxygen atoms in total. The Balaban J connectivity index is 1.70. The Labute approximate surface area is 144 Å². The topological polar surface area (TPSA) is 54.5 Å². The number of aromatic nitrogens is 1. The van der Waals surface area contributed by atoms with Gasteiger partial charge in [0.1, 0.15) is 5.69 Å². The lowest BCUT2D eigenvalue weighted by Crippen LogP contribution is -2.41. The summed E-state index contributed by atoms with van der Waals surface area (Å²) in [5.74, 6) is -0.0793. The normalized spacial score (nSPS) is 14.6. The molecule has 120 valence electrons. The smallest absolute Gasteiger partial charge is 0.272 e. The van der Waals surface area contributed by atoms with Gasteiger partial charge in [0.15, 0.2) is 0 Å². The highest BCUT2D eigenvalue weighted by molar-refractivity contribution is 6.36. The number of pyridine rings is 1. The zero-order valence-corrected chi connectivity index (χ0v) is 13.8. The first kappa shape index (κ1) is 16.1. The molecule has 1 fully saturated rings. The van der Waals surface area contributed by atoms with E-state index < -0.39 is 0 Å². The highest BCUT2D eigenvalue weighted by Gasteiger charge is 2.19. The van der Waals surface area contributed by atoms with E-state index in [-0.39, 0.29) is 5.91 Å². The van der Waals surface area contributed by atoms with Crippen molar-refractivity contribution >= 4 is 40.5 Å². The molecule has 1 aromatic heterocycles. The molecule has 0 spiro atoms. The Bertz CT molecular complexity index is 701. The van der Waals surface area contributed by atoms with Gasteiger partial charge in [0, 0.05) is 18.1 Å². The maximum Gasteiger partial charge on any atom is 0.272 e. The van der Waals surface area contributed by atoms with E-state index in [1.54, 1.807) is 41.4 Å². The summed E-state index contributed by atoms with van der Waals surface area (Å²) in [5, 5.41) is 4.24. The number of hydrogen-bond acceptors (Lipinski definition) is 4. The van der Waals surface area contributed by atoms with Crippen LogP contribution < -0.4 is 5.32 Å². The number of ether oxygens (including phenoxy) is 1. The number of carbonyl (C=O) groups excluding carboxylic acids is 1. The second-order valence-electron chi connectivity index (χ2n) is 5.09. The van der Waals surface area contributed by atoms with Gasteiger partial charge >= 0.3 is 0 Å². The van der Waals surface area contributed by atoms with Crippen molar-refractivity contribution in [3.8, 4) is 0 Å². The molecule has 23 heavy (non-hydrogen) atoms. The highest BCUT2D eigenvalue weighted by atomic mass is 35.5. The number of carbonyl (C=O) groups is 1. The summed E-state index contributed by atoms with van der Waals surface area (Å²) < 4.78 is 5.24. The summed E-state index contributed by atoms with van der Waals surface area (Å²) in [6.07, 6.45) is 1.61. The Hall–Kier alpha value is -1.82. The van der Waals surface area contributed by atoms with Crippen molar-refractivity contribution in [1.82, 2.24) is 9.88 Å². The van der Waals surface area contributed by atoms with Crippen LogP contribution in [-0.2, 0) is 4.74 Å². The van der Waals surface area contributed by atoms with E-state index in [0.717, 1.165) is 11.4 Å². The Morgan fingerprint density at radius 2 is 1.96 bits per heavy atom. The van der Waals surface area contributed by atoms with Crippen molar-refractivity contribution in [2.24, 2.45) is 0 Å². The van der Waals surface area contributed by atoms with Gasteiger partial charge in [-0.25, -0.2) is 4.98 Å². The predicted octanol–water partition coefficient (Wildman–Crippen LogP) is 3.60. The lowest BCUT2D eigenvalue weighted by Gasteiger charge is -2.26. The van der Waals surface area contributed by atoms with Gasteiger partial charge in [-0.1, -0.05) is 23.2 Å².